The highest BCUT2D eigenvalue weighted by molar-refractivity contribution is 6.00. The number of nitrogens with one attached hydrogen (secondary N) is 2. The van der Waals surface area contributed by atoms with Crippen LogP contribution in [0.25, 0.3) is 0 Å². The lowest BCUT2D eigenvalue weighted by Gasteiger charge is -2.08. The largest absolute Gasteiger partial charge is 0.496 e. The predicted molar refractivity (Wildman–Crippen MR) is 73.5 cm³/mol. The maximum absolute atomic E-state index is 12.0. The molecular weight excluding hydrogens is 244 g/mol. The molecule has 0 saturated heterocycles. The number of hydrogen-bond acceptors (Lipinski definition) is 4. The van der Waals surface area contributed by atoms with E-state index in [1.54, 1.807) is 19.2 Å². The van der Waals surface area contributed by atoms with Crippen molar-refractivity contribution < 1.29 is 14.3 Å². The fourth-order valence-corrected chi connectivity index (χ4v) is 1.65. The highest BCUT2D eigenvalue weighted by atomic mass is 16.5. The summed E-state index contributed by atoms with van der Waals surface area (Å²) in [5.41, 5.74) is 0.583. The first-order chi connectivity index (χ1) is 9.15. The molecule has 0 aliphatic heterocycles. The number of amides is 1. The van der Waals surface area contributed by atoms with Gasteiger partial charge >= 0.3 is 0 Å². The summed E-state index contributed by atoms with van der Waals surface area (Å²) >= 11 is 0. The maximum atomic E-state index is 12.0. The summed E-state index contributed by atoms with van der Waals surface area (Å²) in [6, 6.07) is 7.16. The van der Waals surface area contributed by atoms with Crippen LogP contribution in [0.2, 0.25) is 0 Å². The van der Waals surface area contributed by atoms with E-state index in [0.29, 0.717) is 24.4 Å². The van der Waals surface area contributed by atoms with Crippen LogP contribution in [0.1, 0.15) is 23.7 Å². The molecule has 0 aromatic heterocycles. The van der Waals surface area contributed by atoms with E-state index in [0.717, 1.165) is 6.42 Å². The lowest BCUT2D eigenvalue weighted by molar-refractivity contribution is -0.118. The minimum atomic E-state index is -0.0369. The summed E-state index contributed by atoms with van der Waals surface area (Å²) in [6.45, 7) is 3.05. The predicted octanol–water partition coefficient (Wildman–Crippen LogP) is 0.994. The van der Waals surface area contributed by atoms with E-state index in [4.69, 9.17) is 4.74 Å². The fourth-order valence-electron chi connectivity index (χ4n) is 1.65. The molecule has 0 atom stereocenters. The standard InChI is InChI=1S/C14H20N2O3/c1-11(17)16-9-5-8-15-10-13(18)12-6-3-4-7-14(12)19-2/h3-4,6-7,15H,5,8-10H2,1-2H3,(H,16,17). The first kappa shape index (κ1) is 15.2. The number of hydrogen-bond donors (Lipinski definition) is 2. The molecule has 104 valence electrons. The minimum Gasteiger partial charge on any atom is -0.496 e. The highest BCUT2D eigenvalue weighted by Gasteiger charge is 2.10. The van der Waals surface area contributed by atoms with Crippen LogP contribution in [0.3, 0.4) is 0 Å². The maximum Gasteiger partial charge on any atom is 0.216 e. The van der Waals surface area contributed by atoms with Crippen LogP contribution in [0.15, 0.2) is 24.3 Å². The summed E-state index contributed by atoms with van der Waals surface area (Å²) in [7, 11) is 1.55. The molecule has 1 aromatic carbocycles. The van der Waals surface area contributed by atoms with Gasteiger partial charge in [0.05, 0.1) is 19.2 Å². The van der Waals surface area contributed by atoms with Gasteiger partial charge in [0.25, 0.3) is 0 Å². The zero-order valence-corrected chi connectivity index (χ0v) is 11.4. The van der Waals surface area contributed by atoms with Gasteiger partial charge in [-0.3, -0.25) is 9.59 Å². The number of rotatable bonds is 8. The molecule has 0 spiro atoms. The van der Waals surface area contributed by atoms with E-state index in [1.807, 2.05) is 12.1 Å². The molecule has 1 amide bonds. The summed E-state index contributed by atoms with van der Waals surface area (Å²) in [4.78, 5) is 22.6. The molecule has 0 bridgehead atoms. The van der Waals surface area contributed by atoms with Gasteiger partial charge in [0.2, 0.25) is 5.91 Å². The summed E-state index contributed by atoms with van der Waals surface area (Å²) < 4.78 is 5.14. The quantitative estimate of drug-likeness (QED) is 0.543. The molecule has 0 fully saturated rings. The monoisotopic (exact) mass is 264 g/mol. The van der Waals surface area contributed by atoms with Crippen LogP contribution in [0.4, 0.5) is 0 Å². The molecule has 0 unspecified atom stereocenters. The molecule has 0 aliphatic carbocycles. The van der Waals surface area contributed by atoms with Crippen LogP contribution in [-0.2, 0) is 4.79 Å². The zero-order chi connectivity index (χ0) is 14.1. The number of Topliss-reactive ketones (excluding diaryl/α,β-unsaturated/α-hetero) is 1. The average Bonchev–Trinajstić information content (AvgIpc) is 2.42. The van der Waals surface area contributed by atoms with Crippen molar-refractivity contribution in [1.82, 2.24) is 10.6 Å². The molecule has 1 rings (SSSR count). The van der Waals surface area contributed by atoms with Gasteiger partial charge < -0.3 is 15.4 Å². The molecule has 0 saturated carbocycles. The highest BCUT2D eigenvalue weighted by Crippen LogP contribution is 2.17. The Balaban J connectivity index is 2.29. The van der Waals surface area contributed by atoms with E-state index in [1.165, 1.54) is 6.92 Å². The van der Waals surface area contributed by atoms with E-state index < -0.39 is 0 Å². The third-order valence-corrected chi connectivity index (χ3v) is 2.60. The Hall–Kier alpha value is -1.88. The molecule has 0 aliphatic rings. The van der Waals surface area contributed by atoms with Gasteiger partial charge in [-0.05, 0) is 25.1 Å². The van der Waals surface area contributed by atoms with Crippen molar-refractivity contribution in [3.63, 3.8) is 0 Å². The Kier molecular flexibility index (Phi) is 6.60. The minimum absolute atomic E-state index is 0.00280. The lowest BCUT2D eigenvalue weighted by Crippen LogP contribution is -2.28. The fraction of sp³-hybridized carbons (Fsp3) is 0.429. The molecule has 0 heterocycles. The van der Waals surface area contributed by atoms with E-state index in [-0.39, 0.29) is 18.2 Å². The second-order valence-electron chi connectivity index (χ2n) is 4.14. The van der Waals surface area contributed by atoms with Gasteiger partial charge in [-0.2, -0.15) is 0 Å². The van der Waals surface area contributed by atoms with Gasteiger partial charge in [-0.15, -0.1) is 0 Å². The van der Waals surface area contributed by atoms with Crippen LogP contribution in [0, 0.1) is 0 Å². The van der Waals surface area contributed by atoms with Gasteiger partial charge in [-0.1, -0.05) is 12.1 Å². The number of carbonyl (C=O) groups excluding carboxylic acids is 2. The SMILES string of the molecule is COc1ccccc1C(=O)CNCCCNC(C)=O. The normalized spacial score (nSPS) is 10.0. The smallest absolute Gasteiger partial charge is 0.216 e. The van der Waals surface area contributed by atoms with Crippen molar-refractivity contribution in [3.8, 4) is 5.75 Å². The van der Waals surface area contributed by atoms with Gasteiger partial charge in [-0.25, -0.2) is 0 Å². The van der Waals surface area contributed by atoms with E-state index in [2.05, 4.69) is 10.6 Å². The number of ketones is 1. The Bertz CT molecular complexity index is 432. The van der Waals surface area contributed by atoms with Gasteiger partial charge in [0, 0.05) is 13.5 Å². The van der Waals surface area contributed by atoms with E-state index >= 15 is 0 Å². The van der Waals surface area contributed by atoms with Crippen LogP contribution >= 0.6 is 0 Å². The summed E-state index contributed by atoms with van der Waals surface area (Å²) in [6.07, 6.45) is 0.790. The third kappa shape index (κ3) is 5.52. The summed E-state index contributed by atoms with van der Waals surface area (Å²) in [5.74, 6) is 0.551. The van der Waals surface area contributed by atoms with E-state index in [9.17, 15) is 9.59 Å². The Morgan fingerprint density at radius 3 is 2.63 bits per heavy atom. The van der Waals surface area contributed by atoms with Crippen molar-refractivity contribution in [2.75, 3.05) is 26.7 Å². The van der Waals surface area contributed by atoms with Crippen molar-refractivity contribution >= 4 is 11.7 Å². The number of ether oxygens (including phenoxy) is 1. The molecule has 19 heavy (non-hydrogen) atoms. The Labute approximate surface area is 113 Å². The molecule has 2 N–H and O–H groups in total. The molecular formula is C14H20N2O3. The number of methoxy groups -OCH3 is 1. The topological polar surface area (TPSA) is 67.4 Å². The zero-order valence-electron chi connectivity index (χ0n) is 11.4. The first-order valence-electron chi connectivity index (χ1n) is 6.26. The summed E-state index contributed by atoms with van der Waals surface area (Å²) in [5, 5.41) is 5.75. The lowest BCUT2D eigenvalue weighted by atomic mass is 10.1. The third-order valence-electron chi connectivity index (χ3n) is 2.60. The second-order valence-corrected chi connectivity index (χ2v) is 4.14. The van der Waals surface area contributed by atoms with Crippen LogP contribution < -0.4 is 15.4 Å². The van der Waals surface area contributed by atoms with Crippen molar-refractivity contribution in [2.45, 2.75) is 13.3 Å². The van der Waals surface area contributed by atoms with Gasteiger partial charge in [0.15, 0.2) is 5.78 Å². The molecule has 5 heteroatoms. The second kappa shape index (κ2) is 8.26. The Morgan fingerprint density at radius 1 is 1.21 bits per heavy atom. The first-order valence-corrected chi connectivity index (χ1v) is 6.26. The van der Waals surface area contributed by atoms with Gasteiger partial charge in [0.1, 0.15) is 5.75 Å². The van der Waals surface area contributed by atoms with Crippen LogP contribution in [-0.4, -0.2) is 38.4 Å². The Morgan fingerprint density at radius 2 is 1.95 bits per heavy atom. The van der Waals surface area contributed by atoms with Crippen molar-refractivity contribution in [3.05, 3.63) is 29.8 Å². The molecule has 0 radical (unpaired) electrons. The van der Waals surface area contributed by atoms with Crippen molar-refractivity contribution in [1.29, 1.82) is 0 Å². The number of benzene rings is 1. The van der Waals surface area contributed by atoms with Crippen LogP contribution in [0.5, 0.6) is 5.75 Å². The van der Waals surface area contributed by atoms with Crippen molar-refractivity contribution in [2.24, 2.45) is 0 Å². The number of carbonyl (C=O) groups is 2. The molecule has 1 aromatic rings. The average molecular weight is 264 g/mol. The molecule has 5 nitrogen and oxygen atoms in total. The number of para-hydroxylation sites is 1.